The maximum absolute atomic E-state index is 13.8. The minimum Gasteiger partial charge on any atom is -0.496 e. The van der Waals surface area contributed by atoms with Crippen molar-refractivity contribution in [2.75, 3.05) is 26.6 Å². The van der Waals surface area contributed by atoms with Gasteiger partial charge in [-0.2, -0.15) is 10.2 Å². The molecule has 49 heavy (non-hydrogen) atoms. The van der Waals surface area contributed by atoms with Crippen molar-refractivity contribution >= 4 is 17.6 Å². The number of nitrogens with zero attached hydrogens (tertiary/aromatic N) is 6. The second-order valence-electron chi connectivity index (χ2n) is 11.8. The van der Waals surface area contributed by atoms with E-state index in [0.717, 1.165) is 53.4 Å². The number of benzene rings is 1. The van der Waals surface area contributed by atoms with E-state index in [1.165, 1.54) is 36.8 Å². The SMILES string of the molecule is COC(=O)c1cc(-c2cnc(C3CC3)cc2OC)n(C)n1.COc1cc(C2CC2)ncc1-c1cc(C(=O)Nc2c(F)cccc2F)nn1C. The molecule has 14 heteroatoms. The van der Waals surface area contributed by atoms with E-state index in [2.05, 4.69) is 25.5 Å². The third-order valence-electron chi connectivity index (χ3n) is 8.35. The summed E-state index contributed by atoms with van der Waals surface area (Å²) < 4.78 is 46.3. The quantitative estimate of drug-likeness (QED) is 0.186. The highest BCUT2D eigenvalue weighted by Gasteiger charge is 2.28. The van der Waals surface area contributed by atoms with Crippen LogP contribution in [0.2, 0.25) is 0 Å². The zero-order chi connectivity index (χ0) is 34.8. The zero-order valence-electron chi connectivity index (χ0n) is 27.7. The maximum atomic E-state index is 13.8. The summed E-state index contributed by atoms with van der Waals surface area (Å²) in [5.41, 5.74) is 4.68. The Hall–Kier alpha value is -5.66. The Bertz CT molecular complexity index is 2010. The number of aromatic nitrogens is 6. The van der Waals surface area contributed by atoms with E-state index in [1.54, 1.807) is 51.5 Å². The van der Waals surface area contributed by atoms with Crippen molar-refractivity contribution in [2.24, 2.45) is 14.1 Å². The van der Waals surface area contributed by atoms with Crippen LogP contribution in [0, 0.1) is 11.6 Å². The molecule has 0 radical (unpaired) electrons. The molecule has 5 aromatic rings. The van der Waals surface area contributed by atoms with E-state index >= 15 is 0 Å². The Balaban J connectivity index is 0.000000177. The van der Waals surface area contributed by atoms with Gasteiger partial charge in [0.15, 0.2) is 11.4 Å². The number of halogens is 2. The molecule has 1 aromatic carbocycles. The molecule has 4 aromatic heterocycles. The van der Waals surface area contributed by atoms with Crippen LogP contribution in [0.25, 0.3) is 22.5 Å². The van der Waals surface area contributed by atoms with Gasteiger partial charge in [0.05, 0.1) is 43.8 Å². The number of methoxy groups -OCH3 is 3. The Morgan fingerprint density at radius 1 is 0.755 bits per heavy atom. The lowest BCUT2D eigenvalue weighted by Gasteiger charge is -2.09. The van der Waals surface area contributed by atoms with Crippen molar-refractivity contribution in [1.29, 1.82) is 0 Å². The number of hydrogen-bond donors (Lipinski definition) is 1. The fourth-order valence-electron chi connectivity index (χ4n) is 5.38. The highest BCUT2D eigenvalue weighted by molar-refractivity contribution is 6.03. The summed E-state index contributed by atoms with van der Waals surface area (Å²) in [4.78, 5) is 33.0. The molecule has 12 nitrogen and oxygen atoms in total. The van der Waals surface area contributed by atoms with Gasteiger partial charge in [-0.1, -0.05) is 6.07 Å². The van der Waals surface area contributed by atoms with E-state index in [-0.39, 0.29) is 11.4 Å². The molecule has 1 N–H and O–H groups in total. The summed E-state index contributed by atoms with van der Waals surface area (Å²) in [6, 6.07) is 10.4. The molecule has 0 bridgehead atoms. The Labute approximate surface area is 281 Å². The first kappa shape index (κ1) is 33.2. The number of nitrogens with one attached hydrogen (secondary N) is 1. The van der Waals surface area contributed by atoms with E-state index in [0.29, 0.717) is 28.8 Å². The Kier molecular flexibility index (Phi) is 9.38. The first-order valence-corrected chi connectivity index (χ1v) is 15.6. The second kappa shape index (κ2) is 13.8. The predicted molar refractivity (Wildman–Crippen MR) is 176 cm³/mol. The van der Waals surface area contributed by atoms with E-state index < -0.39 is 29.2 Å². The number of ether oxygens (including phenoxy) is 3. The highest BCUT2D eigenvalue weighted by Crippen LogP contribution is 2.43. The molecular weight excluding hydrogens is 636 g/mol. The topological polar surface area (TPSA) is 135 Å². The van der Waals surface area contributed by atoms with Gasteiger partial charge in [0.2, 0.25) is 0 Å². The van der Waals surface area contributed by atoms with Crippen LogP contribution in [0.3, 0.4) is 0 Å². The minimum atomic E-state index is -0.856. The molecule has 2 aliphatic rings. The number of carbonyl (C=O) groups excluding carboxylic acids is 2. The molecule has 2 saturated carbocycles. The molecule has 0 unspecified atom stereocenters. The van der Waals surface area contributed by atoms with Crippen molar-refractivity contribution < 1.29 is 32.6 Å². The van der Waals surface area contributed by atoms with Crippen LogP contribution in [-0.2, 0) is 18.8 Å². The predicted octanol–water partition coefficient (Wildman–Crippen LogP) is 6.05. The van der Waals surface area contributed by atoms with Crippen molar-refractivity contribution in [1.82, 2.24) is 29.5 Å². The summed E-state index contributed by atoms with van der Waals surface area (Å²) in [5, 5.41) is 10.6. The lowest BCUT2D eigenvalue weighted by Crippen LogP contribution is -2.15. The third kappa shape index (κ3) is 7.12. The van der Waals surface area contributed by atoms with E-state index in [1.807, 2.05) is 12.1 Å². The van der Waals surface area contributed by atoms with E-state index in [4.69, 9.17) is 14.2 Å². The summed E-state index contributed by atoms with van der Waals surface area (Å²) in [6.45, 7) is 0. The maximum Gasteiger partial charge on any atom is 0.358 e. The molecule has 7 rings (SSSR count). The summed E-state index contributed by atoms with van der Waals surface area (Å²) in [7, 11) is 7.98. The number of amides is 1. The molecule has 0 spiro atoms. The van der Waals surface area contributed by atoms with Crippen LogP contribution in [0.4, 0.5) is 14.5 Å². The standard InChI is InChI=1S/C20H18F2N4O2.C15H17N3O3/c1-26-17(12-10-23-15(11-6-7-11)9-18(12)28-2)8-16(25-26)20(27)24-19-13(21)4-3-5-14(19)22;1-18-13(6-12(17-18)15(19)21-3)10-8-16-11(9-4-5-9)7-14(10)20-2/h3-5,8-11H,6-7H2,1-2H3,(H,24,27);6-9H,4-5H2,1-3H3. The van der Waals surface area contributed by atoms with Crippen LogP contribution in [0.5, 0.6) is 11.5 Å². The average molecular weight is 672 g/mol. The van der Waals surface area contributed by atoms with Crippen molar-refractivity contribution in [3.63, 3.8) is 0 Å². The number of para-hydroxylation sites is 1. The molecule has 2 aliphatic carbocycles. The van der Waals surface area contributed by atoms with Crippen LogP contribution >= 0.6 is 0 Å². The first-order chi connectivity index (χ1) is 23.6. The number of rotatable bonds is 9. The van der Waals surface area contributed by atoms with Crippen molar-refractivity contribution in [3.8, 4) is 34.0 Å². The smallest absolute Gasteiger partial charge is 0.358 e. The zero-order valence-corrected chi connectivity index (χ0v) is 27.7. The molecule has 0 atom stereocenters. The number of aryl methyl sites for hydroxylation is 2. The second-order valence-corrected chi connectivity index (χ2v) is 11.8. The number of pyridine rings is 2. The average Bonchev–Trinajstić information content (AvgIpc) is 4.05. The van der Waals surface area contributed by atoms with Gasteiger partial charge in [0, 0.05) is 61.8 Å². The Morgan fingerprint density at radius 3 is 1.67 bits per heavy atom. The summed E-state index contributed by atoms with van der Waals surface area (Å²) in [5.74, 6) is -0.474. The molecule has 4 heterocycles. The number of hydrogen-bond acceptors (Lipinski definition) is 9. The fraction of sp³-hybridized carbons (Fsp3) is 0.314. The molecule has 2 fully saturated rings. The van der Waals surface area contributed by atoms with Crippen LogP contribution < -0.4 is 14.8 Å². The van der Waals surface area contributed by atoms with E-state index in [9.17, 15) is 18.4 Å². The van der Waals surface area contributed by atoms with Gasteiger partial charge in [0.1, 0.15) is 28.8 Å². The summed E-state index contributed by atoms with van der Waals surface area (Å²) in [6.07, 6.45) is 8.10. The van der Waals surface area contributed by atoms with Crippen LogP contribution in [0.15, 0.2) is 54.9 Å². The molecule has 254 valence electrons. The van der Waals surface area contributed by atoms with Gasteiger partial charge in [-0.25, -0.2) is 13.6 Å². The fourth-order valence-corrected chi connectivity index (χ4v) is 5.38. The third-order valence-corrected chi connectivity index (χ3v) is 8.35. The molecule has 0 saturated heterocycles. The number of anilines is 1. The normalized spacial score (nSPS) is 13.7. The largest absolute Gasteiger partial charge is 0.496 e. The van der Waals surface area contributed by atoms with Crippen LogP contribution in [0.1, 0.15) is 69.9 Å². The van der Waals surface area contributed by atoms with Gasteiger partial charge < -0.3 is 19.5 Å². The number of carbonyl (C=O) groups is 2. The highest BCUT2D eigenvalue weighted by atomic mass is 19.1. The Morgan fingerprint density at radius 2 is 1.22 bits per heavy atom. The van der Waals surface area contributed by atoms with Crippen molar-refractivity contribution in [3.05, 3.63) is 89.3 Å². The first-order valence-electron chi connectivity index (χ1n) is 15.6. The van der Waals surface area contributed by atoms with Gasteiger partial charge in [-0.15, -0.1) is 0 Å². The molecule has 1 amide bonds. The lowest BCUT2D eigenvalue weighted by molar-refractivity contribution is 0.0593. The van der Waals surface area contributed by atoms with Crippen LogP contribution in [-0.4, -0.2) is 62.7 Å². The summed E-state index contributed by atoms with van der Waals surface area (Å²) >= 11 is 0. The van der Waals surface area contributed by atoms with Gasteiger partial charge in [-0.05, 0) is 49.9 Å². The molecular formula is C35H35F2N7O5. The minimum absolute atomic E-state index is 0.0217. The number of esters is 1. The lowest BCUT2D eigenvalue weighted by atomic mass is 10.1. The van der Waals surface area contributed by atoms with Gasteiger partial charge >= 0.3 is 5.97 Å². The van der Waals surface area contributed by atoms with Crippen molar-refractivity contribution in [2.45, 2.75) is 37.5 Å². The van der Waals surface area contributed by atoms with Gasteiger partial charge in [0.25, 0.3) is 5.91 Å². The van der Waals surface area contributed by atoms with Gasteiger partial charge in [-0.3, -0.25) is 24.1 Å². The molecule has 0 aliphatic heterocycles. The monoisotopic (exact) mass is 671 g/mol.